The van der Waals surface area contributed by atoms with Gasteiger partial charge in [-0.1, -0.05) is 34.1 Å². The Morgan fingerprint density at radius 2 is 2.14 bits per heavy atom. The maximum absolute atomic E-state index is 12.6. The minimum atomic E-state index is -0.0478. The summed E-state index contributed by atoms with van der Waals surface area (Å²) < 4.78 is 6.89. The van der Waals surface area contributed by atoms with Crippen molar-refractivity contribution in [2.24, 2.45) is 11.7 Å². The number of carbonyl (C=O) groups is 1. The molecule has 0 unspecified atom stereocenters. The first-order valence-corrected chi connectivity index (χ1v) is 8.35. The first-order chi connectivity index (χ1) is 10.1. The van der Waals surface area contributed by atoms with Crippen LogP contribution in [0.5, 0.6) is 0 Å². The normalized spacial score (nSPS) is 29.6. The van der Waals surface area contributed by atoms with Crippen molar-refractivity contribution in [3.05, 3.63) is 34.3 Å². The molecule has 2 fully saturated rings. The lowest BCUT2D eigenvalue weighted by Crippen LogP contribution is -2.44. The van der Waals surface area contributed by atoms with Crippen LogP contribution in [0.4, 0.5) is 0 Å². The Balaban J connectivity index is 1.68. The molecule has 2 N–H and O–H groups in total. The van der Waals surface area contributed by atoms with E-state index in [0.29, 0.717) is 19.7 Å². The minimum absolute atomic E-state index is 0.0478. The third kappa shape index (κ3) is 3.30. The fourth-order valence-electron chi connectivity index (χ4n) is 3.27. The maximum Gasteiger partial charge on any atom is 0.225 e. The molecule has 1 aromatic rings. The molecule has 0 aromatic heterocycles. The van der Waals surface area contributed by atoms with Crippen molar-refractivity contribution in [3.8, 4) is 0 Å². The number of ether oxygens (including phenoxy) is 1. The molecule has 1 saturated heterocycles. The number of hydrogen-bond donors (Lipinski definition) is 1. The predicted octanol–water partition coefficient (Wildman–Crippen LogP) is 2.48. The van der Waals surface area contributed by atoms with Crippen molar-refractivity contribution in [3.63, 3.8) is 0 Å². The molecule has 1 aliphatic heterocycles. The van der Waals surface area contributed by atoms with E-state index in [1.54, 1.807) is 0 Å². The smallest absolute Gasteiger partial charge is 0.225 e. The largest absolute Gasteiger partial charge is 0.370 e. The van der Waals surface area contributed by atoms with Gasteiger partial charge in [0.1, 0.15) is 6.10 Å². The van der Waals surface area contributed by atoms with E-state index in [1.165, 1.54) is 0 Å². The number of morpholine rings is 1. The van der Waals surface area contributed by atoms with Crippen LogP contribution < -0.4 is 5.73 Å². The van der Waals surface area contributed by atoms with Crippen molar-refractivity contribution >= 4 is 21.8 Å². The number of carbonyl (C=O) groups excluding carboxylic acids is 1. The number of amides is 1. The van der Waals surface area contributed by atoms with Gasteiger partial charge in [0.15, 0.2) is 0 Å². The molecule has 5 heteroatoms. The van der Waals surface area contributed by atoms with Crippen LogP contribution in [0.1, 0.15) is 30.9 Å². The third-order valence-electron chi connectivity index (χ3n) is 4.45. The highest BCUT2D eigenvalue weighted by Crippen LogP contribution is 2.31. The van der Waals surface area contributed by atoms with Crippen LogP contribution in [0.2, 0.25) is 0 Å². The Morgan fingerprint density at radius 3 is 2.86 bits per heavy atom. The van der Waals surface area contributed by atoms with Gasteiger partial charge in [-0.15, -0.1) is 0 Å². The number of rotatable bonds is 2. The van der Waals surface area contributed by atoms with E-state index < -0.39 is 0 Å². The Hall–Kier alpha value is -0.910. The molecule has 1 aromatic carbocycles. The standard InChI is InChI=1S/C16H21BrN2O2/c17-14-4-2-1-3-13(14)15-10-19(7-8-21-15)16(20)11-5-6-12(18)9-11/h1-4,11-12,15H,5-10,18H2/t11-,12-,15+/m1/s1. The van der Waals surface area contributed by atoms with Crippen LogP contribution in [0, 0.1) is 5.92 Å². The maximum atomic E-state index is 12.6. The highest BCUT2D eigenvalue weighted by molar-refractivity contribution is 9.10. The van der Waals surface area contributed by atoms with E-state index in [1.807, 2.05) is 29.2 Å². The summed E-state index contributed by atoms with van der Waals surface area (Å²) in [5, 5.41) is 0. The van der Waals surface area contributed by atoms with Gasteiger partial charge in [0, 0.05) is 23.0 Å². The van der Waals surface area contributed by atoms with E-state index in [-0.39, 0.29) is 24.0 Å². The molecule has 1 heterocycles. The van der Waals surface area contributed by atoms with Gasteiger partial charge in [-0.2, -0.15) is 0 Å². The van der Waals surface area contributed by atoms with E-state index >= 15 is 0 Å². The first kappa shape index (κ1) is 15.0. The van der Waals surface area contributed by atoms with E-state index in [9.17, 15) is 4.79 Å². The molecule has 0 radical (unpaired) electrons. The summed E-state index contributed by atoms with van der Waals surface area (Å²) in [4.78, 5) is 14.6. The quantitative estimate of drug-likeness (QED) is 0.889. The average Bonchev–Trinajstić information content (AvgIpc) is 2.94. The number of hydrogen-bond acceptors (Lipinski definition) is 3. The van der Waals surface area contributed by atoms with Crippen molar-refractivity contribution in [2.45, 2.75) is 31.4 Å². The molecule has 21 heavy (non-hydrogen) atoms. The molecular weight excluding hydrogens is 332 g/mol. The molecule has 114 valence electrons. The van der Waals surface area contributed by atoms with Gasteiger partial charge in [0.2, 0.25) is 5.91 Å². The lowest BCUT2D eigenvalue weighted by molar-refractivity contribution is -0.143. The summed E-state index contributed by atoms with van der Waals surface area (Å²) in [5.41, 5.74) is 7.04. The van der Waals surface area contributed by atoms with E-state index in [0.717, 1.165) is 29.3 Å². The Bertz CT molecular complexity index is 523. The van der Waals surface area contributed by atoms with Crippen LogP contribution in [-0.2, 0) is 9.53 Å². The number of nitrogens with zero attached hydrogens (tertiary/aromatic N) is 1. The summed E-state index contributed by atoms with van der Waals surface area (Å²) in [7, 11) is 0. The fourth-order valence-corrected chi connectivity index (χ4v) is 3.81. The van der Waals surface area contributed by atoms with Crippen LogP contribution in [0.15, 0.2) is 28.7 Å². The highest BCUT2D eigenvalue weighted by atomic mass is 79.9. The Morgan fingerprint density at radius 1 is 1.33 bits per heavy atom. The van der Waals surface area contributed by atoms with Gasteiger partial charge >= 0.3 is 0 Å². The lowest BCUT2D eigenvalue weighted by Gasteiger charge is -2.35. The summed E-state index contributed by atoms with van der Waals surface area (Å²) in [6.45, 7) is 1.91. The summed E-state index contributed by atoms with van der Waals surface area (Å²) in [6, 6.07) is 8.24. The van der Waals surface area contributed by atoms with Crippen LogP contribution in [0.25, 0.3) is 0 Å². The van der Waals surface area contributed by atoms with Crippen LogP contribution in [0.3, 0.4) is 0 Å². The molecule has 3 rings (SSSR count). The lowest BCUT2D eigenvalue weighted by atomic mass is 10.0. The molecule has 3 atom stereocenters. The molecule has 1 saturated carbocycles. The van der Waals surface area contributed by atoms with Gasteiger partial charge in [-0.25, -0.2) is 0 Å². The van der Waals surface area contributed by atoms with E-state index in [2.05, 4.69) is 15.9 Å². The molecule has 4 nitrogen and oxygen atoms in total. The monoisotopic (exact) mass is 352 g/mol. The van der Waals surface area contributed by atoms with Crippen LogP contribution >= 0.6 is 15.9 Å². The van der Waals surface area contributed by atoms with E-state index in [4.69, 9.17) is 10.5 Å². The summed E-state index contributed by atoms with van der Waals surface area (Å²) in [5.74, 6) is 0.362. The molecule has 1 amide bonds. The Labute approximate surface area is 133 Å². The average molecular weight is 353 g/mol. The highest BCUT2D eigenvalue weighted by Gasteiger charge is 2.34. The second kappa shape index (κ2) is 6.46. The molecule has 1 aliphatic carbocycles. The van der Waals surface area contributed by atoms with Crippen molar-refractivity contribution in [2.75, 3.05) is 19.7 Å². The molecule has 2 aliphatic rings. The van der Waals surface area contributed by atoms with Crippen molar-refractivity contribution in [1.29, 1.82) is 0 Å². The third-order valence-corrected chi connectivity index (χ3v) is 5.17. The van der Waals surface area contributed by atoms with Gasteiger partial charge < -0.3 is 15.4 Å². The molecule has 0 spiro atoms. The van der Waals surface area contributed by atoms with Gasteiger partial charge in [0.25, 0.3) is 0 Å². The zero-order chi connectivity index (χ0) is 14.8. The van der Waals surface area contributed by atoms with Crippen molar-refractivity contribution in [1.82, 2.24) is 4.90 Å². The van der Waals surface area contributed by atoms with Gasteiger partial charge in [-0.3, -0.25) is 4.79 Å². The zero-order valence-electron chi connectivity index (χ0n) is 12.0. The molecular formula is C16H21BrN2O2. The molecule has 0 bridgehead atoms. The zero-order valence-corrected chi connectivity index (χ0v) is 13.6. The second-order valence-electron chi connectivity index (χ2n) is 5.94. The topological polar surface area (TPSA) is 55.6 Å². The number of nitrogens with two attached hydrogens (primary N) is 1. The Kier molecular flexibility index (Phi) is 4.62. The van der Waals surface area contributed by atoms with Crippen LogP contribution in [-0.4, -0.2) is 36.5 Å². The summed E-state index contributed by atoms with van der Waals surface area (Å²) >= 11 is 3.56. The number of halogens is 1. The SMILES string of the molecule is N[C@@H]1CC[C@@H](C(=O)N2CCO[C@H](c3ccccc3Br)C2)C1. The fraction of sp³-hybridized carbons (Fsp3) is 0.562. The first-order valence-electron chi connectivity index (χ1n) is 7.55. The summed E-state index contributed by atoms with van der Waals surface area (Å²) in [6.07, 6.45) is 2.68. The second-order valence-corrected chi connectivity index (χ2v) is 6.79. The van der Waals surface area contributed by atoms with Crippen molar-refractivity contribution < 1.29 is 9.53 Å². The minimum Gasteiger partial charge on any atom is -0.370 e. The number of benzene rings is 1. The van der Waals surface area contributed by atoms with Gasteiger partial charge in [0.05, 0.1) is 13.2 Å². The van der Waals surface area contributed by atoms with Gasteiger partial charge in [-0.05, 0) is 30.9 Å². The predicted molar refractivity (Wildman–Crippen MR) is 84.7 cm³/mol.